The number of hydrogen-bond acceptors (Lipinski definition) is 3. The van der Waals surface area contributed by atoms with Crippen molar-refractivity contribution in [2.24, 2.45) is 0 Å². The molecule has 1 rings (SSSR count). The smallest absolute Gasteiger partial charge is 0.124 e. The van der Waals surface area contributed by atoms with Crippen LogP contribution in [0.25, 0.3) is 0 Å². The number of aliphatic hydroxyl groups excluding tert-OH is 1. The zero-order chi connectivity index (χ0) is 10.6. The van der Waals surface area contributed by atoms with Gasteiger partial charge in [-0.25, -0.2) is 0 Å². The van der Waals surface area contributed by atoms with E-state index in [0.29, 0.717) is 16.5 Å². The monoisotopic (exact) mass is 232 g/mol. The van der Waals surface area contributed by atoms with Gasteiger partial charge in [0, 0.05) is 16.3 Å². The van der Waals surface area contributed by atoms with Crippen LogP contribution in [-0.2, 0) is 0 Å². The molecule has 0 aliphatic carbocycles. The van der Waals surface area contributed by atoms with E-state index in [4.69, 9.17) is 16.3 Å². The van der Waals surface area contributed by atoms with Gasteiger partial charge in [0.15, 0.2) is 0 Å². The van der Waals surface area contributed by atoms with Crippen molar-refractivity contribution in [3.05, 3.63) is 28.8 Å². The van der Waals surface area contributed by atoms with Crippen LogP contribution in [0, 0.1) is 0 Å². The summed E-state index contributed by atoms with van der Waals surface area (Å²) in [6.45, 7) is 0. The molecule has 0 spiro atoms. The third kappa shape index (κ3) is 2.80. The maximum atomic E-state index is 9.80. The highest BCUT2D eigenvalue weighted by atomic mass is 35.5. The van der Waals surface area contributed by atoms with Crippen molar-refractivity contribution >= 4 is 23.4 Å². The molecular formula is C10H13ClO2S. The molecule has 1 aromatic rings. The van der Waals surface area contributed by atoms with Crippen molar-refractivity contribution in [2.75, 3.05) is 19.1 Å². The Morgan fingerprint density at radius 1 is 1.57 bits per heavy atom. The zero-order valence-corrected chi connectivity index (χ0v) is 9.73. The van der Waals surface area contributed by atoms with Gasteiger partial charge in [0.2, 0.25) is 0 Å². The lowest BCUT2D eigenvalue weighted by atomic mass is 10.1. The van der Waals surface area contributed by atoms with E-state index < -0.39 is 6.10 Å². The van der Waals surface area contributed by atoms with E-state index in [2.05, 4.69) is 0 Å². The van der Waals surface area contributed by atoms with Crippen LogP contribution in [0.5, 0.6) is 5.75 Å². The molecular weight excluding hydrogens is 220 g/mol. The Hall–Kier alpha value is -0.380. The molecule has 0 bridgehead atoms. The van der Waals surface area contributed by atoms with E-state index in [-0.39, 0.29) is 0 Å². The summed E-state index contributed by atoms with van der Waals surface area (Å²) in [7, 11) is 1.58. The van der Waals surface area contributed by atoms with E-state index in [1.54, 1.807) is 37.1 Å². The predicted octanol–water partition coefficient (Wildman–Crippen LogP) is 2.75. The Morgan fingerprint density at radius 2 is 2.29 bits per heavy atom. The molecule has 0 saturated carbocycles. The second-order valence-electron chi connectivity index (χ2n) is 2.86. The standard InChI is InChI=1S/C10H13ClO2S/c1-13-10-4-3-7(11)5-8(10)9(12)6-14-2/h3-5,9,12H,6H2,1-2H3. The van der Waals surface area contributed by atoms with Gasteiger partial charge in [0.05, 0.1) is 13.2 Å². The largest absolute Gasteiger partial charge is 0.496 e. The number of aliphatic hydroxyl groups is 1. The summed E-state index contributed by atoms with van der Waals surface area (Å²) in [4.78, 5) is 0. The van der Waals surface area contributed by atoms with Gasteiger partial charge in [-0.2, -0.15) is 11.8 Å². The average Bonchev–Trinajstić information content (AvgIpc) is 2.18. The van der Waals surface area contributed by atoms with Crippen LogP contribution in [0.1, 0.15) is 11.7 Å². The third-order valence-corrected chi connectivity index (χ3v) is 2.76. The van der Waals surface area contributed by atoms with Crippen molar-refractivity contribution in [3.8, 4) is 5.75 Å². The molecule has 1 unspecified atom stereocenters. The Bertz CT molecular complexity index is 304. The second kappa shape index (κ2) is 5.49. The first kappa shape index (κ1) is 11.7. The van der Waals surface area contributed by atoms with Gasteiger partial charge in [-0.3, -0.25) is 0 Å². The number of methoxy groups -OCH3 is 1. The summed E-state index contributed by atoms with van der Waals surface area (Å²) < 4.78 is 5.14. The van der Waals surface area contributed by atoms with Crippen LogP contribution < -0.4 is 4.74 Å². The molecule has 0 aliphatic heterocycles. The van der Waals surface area contributed by atoms with Crippen LogP contribution in [0.3, 0.4) is 0 Å². The fraction of sp³-hybridized carbons (Fsp3) is 0.400. The Balaban J connectivity index is 2.97. The maximum Gasteiger partial charge on any atom is 0.124 e. The lowest BCUT2D eigenvalue weighted by molar-refractivity contribution is 0.199. The molecule has 0 heterocycles. The third-order valence-electron chi connectivity index (χ3n) is 1.88. The Kier molecular flexibility index (Phi) is 4.58. The first-order valence-electron chi connectivity index (χ1n) is 4.19. The normalized spacial score (nSPS) is 12.6. The molecule has 4 heteroatoms. The highest BCUT2D eigenvalue weighted by Gasteiger charge is 2.12. The molecule has 0 radical (unpaired) electrons. The summed E-state index contributed by atoms with van der Waals surface area (Å²) >= 11 is 7.43. The first-order valence-corrected chi connectivity index (χ1v) is 5.96. The fourth-order valence-corrected chi connectivity index (χ4v) is 1.89. The minimum absolute atomic E-state index is 0.529. The van der Waals surface area contributed by atoms with Crippen LogP contribution in [0.2, 0.25) is 5.02 Å². The van der Waals surface area contributed by atoms with Crippen LogP contribution in [-0.4, -0.2) is 24.2 Å². The van der Waals surface area contributed by atoms with Gasteiger partial charge in [0.1, 0.15) is 5.75 Å². The maximum absolute atomic E-state index is 9.80. The van der Waals surface area contributed by atoms with E-state index in [1.165, 1.54) is 0 Å². The molecule has 1 aromatic carbocycles. The van der Waals surface area contributed by atoms with E-state index in [9.17, 15) is 5.11 Å². The van der Waals surface area contributed by atoms with E-state index >= 15 is 0 Å². The Labute approximate surface area is 93.2 Å². The number of benzene rings is 1. The van der Waals surface area contributed by atoms with Crippen LogP contribution >= 0.6 is 23.4 Å². The topological polar surface area (TPSA) is 29.5 Å². The second-order valence-corrected chi connectivity index (χ2v) is 4.20. The summed E-state index contributed by atoms with van der Waals surface area (Å²) in [6, 6.07) is 5.25. The summed E-state index contributed by atoms with van der Waals surface area (Å²) in [5, 5.41) is 10.4. The van der Waals surface area contributed by atoms with E-state index in [0.717, 1.165) is 5.56 Å². The first-order chi connectivity index (χ1) is 6.69. The average molecular weight is 233 g/mol. The quantitative estimate of drug-likeness (QED) is 0.866. The van der Waals surface area contributed by atoms with Gasteiger partial charge < -0.3 is 9.84 Å². The minimum Gasteiger partial charge on any atom is -0.496 e. The molecule has 1 atom stereocenters. The number of thioether (sulfide) groups is 1. The molecule has 1 N–H and O–H groups in total. The van der Waals surface area contributed by atoms with Gasteiger partial charge in [0.25, 0.3) is 0 Å². The van der Waals surface area contributed by atoms with Crippen LogP contribution in [0.15, 0.2) is 18.2 Å². The number of hydrogen-bond donors (Lipinski definition) is 1. The van der Waals surface area contributed by atoms with Crippen LogP contribution in [0.4, 0.5) is 0 Å². The van der Waals surface area contributed by atoms with Gasteiger partial charge in [-0.15, -0.1) is 0 Å². The number of halogens is 1. The summed E-state index contributed by atoms with van der Waals surface area (Å²) in [5.41, 5.74) is 0.745. The van der Waals surface area contributed by atoms with Crippen molar-refractivity contribution in [1.29, 1.82) is 0 Å². The van der Waals surface area contributed by atoms with Crippen molar-refractivity contribution in [1.82, 2.24) is 0 Å². The van der Waals surface area contributed by atoms with Crippen molar-refractivity contribution in [2.45, 2.75) is 6.10 Å². The Morgan fingerprint density at radius 3 is 2.86 bits per heavy atom. The molecule has 0 fully saturated rings. The van der Waals surface area contributed by atoms with Crippen molar-refractivity contribution in [3.63, 3.8) is 0 Å². The predicted molar refractivity (Wildman–Crippen MR) is 61.3 cm³/mol. The van der Waals surface area contributed by atoms with Gasteiger partial charge in [-0.1, -0.05) is 11.6 Å². The highest BCUT2D eigenvalue weighted by Crippen LogP contribution is 2.29. The van der Waals surface area contributed by atoms with Gasteiger partial charge in [-0.05, 0) is 24.5 Å². The molecule has 14 heavy (non-hydrogen) atoms. The van der Waals surface area contributed by atoms with E-state index in [1.807, 2.05) is 6.26 Å². The molecule has 0 aromatic heterocycles. The number of rotatable bonds is 4. The zero-order valence-electron chi connectivity index (χ0n) is 8.16. The lowest BCUT2D eigenvalue weighted by Crippen LogP contribution is -2.02. The fourth-order valence-electron chi connectivity index (χ4n) is 1.21. The van der Waals surface area contributed by atoms with Crippen molar-refractivity contribution < 1.29 is 9.84 Å². The van der Waals surface area contributed by atoms with Gasteiger partial charge >= 0.3 is 0 Å². The summed E-state index contributed by atoms with van der Waals surface area (Å²) in [6.07, 6.45) is 1.42. The molecule has 78 valence electrons. The molecule has 0 amide bonds. The highest BCUT2D eigenvalue weighted by molar-refractivity contribution is 7.98. The molecule has 2 nitrogen and oxygen atoms in total. The summed E-state index contributed by atoms with van der Waals surface area (Å²) in [5.74, 6) is 1.31. The molecule has 0 aliphatic rings. The SMILES string of the molecule is COc1ccc(Cl)cc1C(O)CSC. The lowest BCUT2D eigenvalue weighted by Gasteiger charge is -2.13. The number of ether oxygens (including phenoxy) is 1. The minimum atomic E-state index is -0.529. The molecule has 0 saturated heterocycles.